The van der Waals surface area contributed by atoms with Crippen LogP contribution < -0.4 is 4.90 Å². The molecule has 3 rings (SSSR count). The van der Waals surface area contributed by atoms with Crippen molar-refractivity contribution >= 4 is 45.3 Å². The van der Waals surface area contributed by atoms with E-state index in [-0.39, 0.29) is 10.8 Å². The molecule has 23 heavy (non-hydrogen) atoms. The number of benzene rings is 1. The molecule has 0 N–H and O–H groups in total. The molecule has 0 atom stereocenters. The molecule has 0 saturated heterocycles. The lowest BCUT2D eigenvalue weighted by atomic mass is 10.1. The summed E-state index contributed by atoms with van der Waals surface area (Å²) in [5.41, 5.74) is 1.91. The molecule has 1 aliphatic heterocycles. The summed E-state index contributed by atoms with van der Waals surface area (Å²) < 4.78 is 22.5. The highest BCUT2D eigenvalue weighted by atomic mass is 32.2. The number of nitrogens with zero attached hydrogens (tertiary/aromatic N) is 2. The highest BCUT2D eigenvalue weighted by Crippen LogP contribution is 2.39. The quantitative estimate of drug-likeness (QED) is 0.681. The Kier molecular flexibility index (Phi) is 4.32. The van der Waals surface area contributed by atoms with Crippen LogP contribution in [0.5, 0.6) is 0 Å². The first-order chi connectivity index (χ1) is 11.0. The van der Waals surface area contributed by atoms with Crippen LogP contribution in [0.2, 0.25) is 0 Å². The van der Waals surface area contributed by atoms with Crippen molar-refractivity contribution in [2.75, 3.05) is 11.4 Å². The van der Waals surface area contributed by atoms with Crippen molar-refractivity contribution in [2.45, 2.75) is 18.7 Å². The number of thiazole rings is 1. The fraction of sp³-hybridized carbons (Fsp3) is 0.250. The molecule has 120 valence electrons. The molecule has 2 heterocycles. The monoisotopic (exact) mass is 348 g/mol. The zero-order chi connectivity index (χ0) is 16.6. The summed E-state index contributed by atoms with van der Waals surface area (Å²) in [5, 5.41) is 2.56. The van der Waals surface area contributed by atoms with Crippen LogP contribution in [-0.2, 0) is 15.5 Å². The summed E-state index contributed by atoms with van der Waals surface area (Å²) in [5.74, 6) is 0.198. The Balaban J connectivity index is 2.15. The van der Waals surface area contributed by atoms with Gasteiger partial charge in [-0.15, -0.1) is 11.3 Å². The van der Waals surface area contributed by atoms with Crippen molar-refractivity contribution in [2.24, 2.45) is 5.92 Å². The van der Waals surface area contributed by atoms with Crippen LogP contribution in [-0.4, -0.2) is 25.9 Å². The second-order valence-electron chi connectivity index (χ2n) is 5.70. The van der Waals surface area contributed by atoms with Crippen molar-refractivity contribution < 1.29 is 13.2 Å². The molecule has 1 aliphatic rings. The summed E-state index contributed by atoms with van der Waals surface area (Å²) in [6, 6.07) is 4.81. The van der Waals surface area contributed by atoms with Gasteiger partial charge in [0.1, 0.15) is 5.01 Å². The number of amides is 1. The number of rotatable bonds is 4. The van der Waals surface area contributed by atoms with E-state index in [2.05, 4.69) is 4.98 Å². The average Bonchev–Trinajstić information content (AvgIpc) is 3.09. The van der Waals surface area contributed by atoms with Crippen molar-refractivity contribution in [3.05, 3.63) is 40.3 Å². The zero-order valence-electron chi connectivity index (χ0n) is 12.7. The Bertz CT molecular complexity index is 844. The summed E-state index contributed by atoms with van der Waals surface area (Å²) in [7, 11) is -2.69. The average molecular weight is 348 g/mol. The zero-order valence-corrected chi connectivity index (χ0v) is 14.4. The van der Waals surface area contributed by atoms with E-state index in [4.69, 9.17) is 0 Å². The minimum absolute atomic E-state index is 0.109. The van der Waals surface area contributed by atoms with Crippen LogP contribution in [0.4, 0.5) is 5.69 Å². The Labute approximate surface area is 140 Å². The molecule has 7 heteroatoms. The van der Waals surface area contributed by atoms with Crippen molar-refractivity contribution in [1.82, 2.24) is 4.98 Å². The van der Waals surface area contributed by atoms with Crippen LogP contribution in [0.15, 0.2) is 34.7 Å². The molecular weight excluding hydrogens is 332 g/mol. The normalized spacial score (nSPS) is 15.9. The third kappa shape index (κ3) is 3.07. The predicted molar refractivity (Wildman–Crippen MR) is 92.2 cm³/mol. The minimum atomic E-state index is -2.69. The van der Waals surface area contributed by atoms with Crippen molar-refractivity contribution in [3.8, 4) is 0 Å². The maximum absolute atomic E-state index is 12.8. The first kappa shape index (κ1) is 15.9. The lowest BCUT2D eigenvalue weighted by Crippen LogP contribution is -2.30. The number of hydrogen-bond donors (Lipinski definition) is 1. The standard InChI is InChI=1S/C16H16N2O3S2/c1-10(2)9-18-14-4-3-11(23(20)21)7-12(14)13(16(18)19)8-15-17-5-6-22-15/h3-8,10,23H,9H2,1-2H3/b13-8+. The van der Waals surface area contributed by atoms with E-state index in [0.29, 0.717) is 23.6 Å². The largest absolute Gasteiger partial charge is 0.307 e. The summed E-state index contributed by atoms with van der Waals surface area (Å²) >= 11 is 1.43. The van der Waals surface area contributed by atoms with Crippen LogP contribution >= 0.6 is 11.3 Å². The third-order valence-corrected chi connectivity index (χ3v) is 4.94. The number of fused-ring (bicyclic) bond motifs is 1. The van der Waals surface area contributed by atoms with E-state index in [1.54, 1.807) is 29.3 Å². The lowest BCUT2D eigenvalue weighted by molar-refractivity contribution is -0.113. The highest BCUT2D eigenvalue weighted by Gasteiger charge is 2.33. The Morgan fingerprint density at radius 1 is 1.35 bits per heavy atom. The van der Waals surface area contributed by atoms with Gasteiger partial charge in [0, 0.05) is 23.7 Å². The summed E-state index contributed by atoms with van der Waals surface area (Å²) in [4.78, 5) is 18.9. The van der Waals surface area contributed by atoms with Gasteiger partial charge in [-0.3, -0.25) is 4.79 Å². The SMILES string of the molecule is CC(C)CN1C(=O)/C(=C/c2nccs2)c2cc([SH](=O)=O)ccc21. The number of thiol groups is 1. The van der Waals surface area contributed by atoms with Crippen LogP contribution in [0.25, 0.3) is 11.6 Å². The van der Waals surface area contributed by atoms with Gasteiger partial charge in [-0.05, 0) is 30.2 Å². The molecule has 0 unspecified atom stereocenters. The number of anilines is 1. The van der Waals surface area contributed by atoms with Gasteiger partial charge in [0.05, 0.1) is 16.2 Å². The Hall–Kier alpha value is -1.99. The summed E-state index contributed by atoms with van der Waals surface area (Å²) in [6.45, 7) is 4.67. The van der Waals surface area contributed by atoms with Gasteiger partial charge in [0.25, 0.3) is 5.91 Å². The smallest absolute Gasteiger partial charge is 0.259 e. The van der Waals surface area contributed by atoms with Crippen LogP contribution in [0.1, 0.15) is 24.4 Å². The molecule has 5 nitrogen and oxygen atoms in total. The van der Waals surface area contributed by atoms with Gasteiger partial charge in [-0.25, -0.2) is 13.4 Å². The maximum atomic E-state index is 12.8. The summed E-state index contributed by atoms with van der Waals surface area (Å²) in [6.07, 6.45) is 3.40. The minimum Gasteiger partial charge on any atom is -0.307 e. The Morgan fingerprint density at radius 3 is 2.74 bits per heavy atom. The number of carbonyl (C=O) groups excluding carboxylic acids is 1. The van der Waals surface area contributed by atoms with E-state index >= 15 is 0 Å². The fourth-order valence-electron chi connectivity index (χ4n) is 2.57. The number of hydrogen-bond acceptors (Lipinski definition) is 5. The molecule has 1 aromatic carbocycles. The first-order valence-electron chi connectivity index (χ1n) is 7.19. The predicted octanol–water partition coefficient (Wildman–Crippen LogP) is 2.66. The van der Waals surface area contributed by atoms with Gasteiger partial charge < -0.3 is 4.90 Å². The second-order valence-corrected chi connectivity index (χ2v) is 7.65. The third-order valence-electron chi connectivity index (χ3n) is 3.51. The van der Waals surface area contributed by atoms with E-state index in [1.807, 2.05) is 19.2 Å². The molecule has 0 fully saturated rings. The van der Waals surface area contributed by atoms with Gasteiger partial charge in [-0.2, -0.15) is 0 Å². The fourth-order valence-corrected chi connectivity index (χ4v) is 3.57. The molecular formula is C16H16N2O3S2. The topological polar surface area (TPSA) is 67.3 Å². The van der Waals surface area contributed by atoms with E-state index < -0.39 is 10.7 Å². The first-order valence-corrected chi connectivity index (χ1v) is 9.25. The van der Waals surface area contributed by atoms with E-state index in [1.165, 1.54) is 17.4 Å². The number of aromatic nitrogens is 1. The maximum Gasteiger partial charge on any atom is 0.259 e. The molecule has 0 radical (unpaired) electrons. The van der Waals surface area contributed by atoms with Crippen LogP contribution in [0, 0.1) is 5.92 Å². The molecule has 0 saturated carbocycles. The van der Waals surface area contributed by atoms with Crippen molar-refractivity contribution in [3.63, 3.8) is 0 Å². The van der Waals surface area contributed by atoms with Crippen LogP contribution in [0.3, 0.4) is 0 Å². The van der Waals surface area contributed by atoms with E-state index in [9.17, 15) is 13.2 Å². The molecule has 1 amide bonds. The number of carbonyl (C=O) groups is 1. The molecule has 0 spiro atoms. The van der Waals surface area contributed by atoms with Gasteiger partial charge in [0.15, 0.2) is 10.7 Å². The molecule has 1 aromatic heterocycles. The lowest BCUT2D eigenvalue weighted by Gasteiger charge is -2.19. The second kappa shape index (κ2) is 6.25. The van der Waals surface area contributed by atoms with Gasteiger partial charge in [0.2, 0.25) is 0 Å². The molecule has 0 bridgehead atoms. The van der Waals surface area contributed by atoms with Gasteiger partial charge in [-0.1, -0.05) is 13.8 Å². The molecule has 2 aromatic rings. The molecule has 0 aliphatic carbocycles. The highest BCUT2D eigenvalue weighted by molar-refractivity contribution is 7.72. The van der Waals surface area contributed by atoms with E-state index in [0.717, 1.165) is 10.7 Å². The van der Waals surface area contributed by atoms with Crippen molar-refractivity contribution in [1.29, 1.82) is 0 Å². The Morgan fingerprint density at radius 2 is 2.13 bits per heavy atom. The van der Waals surface area contributed by atoms with Gasteiger partial charge >= 0.3 is 0 Å².